The predicted molar refractivity (Wildman–Crippen MR) is 53.2 cm³/mol. The maximum atomic E-state index is 9.49. The number of ether oxygens (including phenoxy) is 1. The van der Waals surface area contributed by atoms with Gasteiger partial charge in [-0.15, -0.1) is 0 Å². The Labute approximate surface area is 79.9 Å². The zero-order valence-corrected chi connectivity index (χ0v) is 8.36. The Morgan fingerprint density at radius 3 is 2.77 bits per heavy atom. The molecule has 1 rings (SSSR count). The van der Waals surface area contributed by atoms with Crippen molar-refractivity contribution in [1.29, 1.82) is 0 Å². The smallest absolute Gasteiger partial charge is 0.157 e. The first-order valence-corrected chi connectivity index (χ1v) is 4.78. The summed E-state index contributed by atoms with van der Waals surface area (Å²) in [6.45, 7) is 7.65. The maximum absolute atomic E-state index is 9.49. The van der Waals surface area contributed by atoms with E-state index in [1.165, 1.54) is 0 Å². The zero-order chi connectivity index (χ0) is 9.84. The molecule has 0 aromatic rings. The number of aliphatic hydroxyl groups is 1. The first kappa shape index (κ1) is 10.5. The molecule has 0 aliphatic carbocycles. The van der Waals surface area contributed by atoms with E-state index in [0.717, 1.165) is 18.4 Å². The number of hydrogen-bond acceptors (Lipinski definition) is 2. The van der Waals surface area contributed by atoms with Crippen LogP contribution in [0.25, 0.3) is 0 Å². The van der Waals surface area contributed by atoms with Crippen molar-refractivity contribution in [3.8, 4) is 0 Å². The van der Waals surface area contributed by atoms with Gasteiger partial charge in [-0.25, -0.2) is 0 Å². The van der Waals surface area contributed by atoms with Gasteiger partial charge in [0.25, 0.3) is 0 Å². The molecular weight excluding hydrogens is 164 g/mol. The van der Waals surface area contributed by atoms with Gasteiger partial charge < -0.3 is 9.84 Å². The van der Waals surface area contributed by atoms with Crippen LogP contribution in [0.3, 0.4) is 0 Å². The molecule has 1 heterocycles. The Morgan fingerprint density at radius 2 is 2.23 bits per heavy atom. The molecule has 0 aromatic carbocycles. The van der Waals surface area contributed by atoms with E-state index in [0.29, 0.717) is 0 Å². The largest absolute Gasteiger partial charge is 0.368 e. The molecule has 3 atom stereocenters. The lowest BCUT2D eigenvalue weighted by Crippen LogP contribution is -2.34. The van der Waals surface area contributed by atoms with Crippen molar-refractivity contribution >= 4 is 0 Å². The predicted octanol–water partition coefficient (Wildman–Crippen LogP) is 2.25. The fourth-order valence-corrected chi connectivity index (χ4v) is 1.56. The summed E-state index contributed by atoms with van der Waals surface area (Å²) in [4.78, 5) is 0. The van der Waals surface area contributed by atoms with Crippen molar-refractivity contribution in [2.24, 2.45) is 5.92 Å². The van der Waals surface area contributed by atoms with Gasteiger partial charge in [0.2, 0.25) is 0 Å². The third kappa shape index (κ3) is 2.68. The van der Waals surface area contributed by atoms with Gasteiger partial charge in [-0.3, -0.25) is 0 Å². The average molecular weight is 182 g/mol. The molecule has 0 bridgehead atoms. The van der Waals surface area contributed by atoms with Crippen LogP contribution in [0, 0.1) is 5.92 Å². The topological polar surface area (TPSA) is 29.5 Å². The molecule has 1 saturated heterocycles. The van der Waals surface area contributed by atoms with Crippen LogP contribution in [-0.4, -0.2) is 17.5 Å². The molecule has 0 aromatic heterocycles. The third-order valence-electron chi connectivity index (χ3n) is 2.56. The number of aliphatic hydroxyl groups excluding tert-OH is 1. The summed E-state index contributed by atoms with van der Waals surface area (Å²) in [6, 6.07) is 0. The van der Waals surface area contributed by atoms with Crippen LogP contribution < -0.4 is 0 Å². The summed E-state index contributed by atoms with van der Waals surface area (Å²) in [7, 11) is 0. The lowest BCUT2D eigenvalue weighted by molar-refractivity contribution is -0.179. The summed E-state index contributed by atoms with van der Waals surface area (Å²) in [5.41, 5.74) is 1.14. The second-order valence-electron chi connectivity index (χ2n) is 3.72. The van der Waals surface area contributed by atoms with Gasteiger partial charge in [0.05, 0.1) is 6.10 Å². The molecular formula is C11H18O2. The highest BCUT2D eigenvalue weighted by Gasteiger charge is 2.26. The monoisotopic (exact) mass is 182 g/mol. The van der Waals surface area contributed by atoms with Crippen LogP contribution >= 0.6 is 0 Å². The van der Waals surface area contributed by atoms with E-state index in [-0.39, 0.29) is 12.0 Å². The molecule has 2 heteroatoms. The van der Waals surface area contributed by atoms with E-state index in [1.807, 2.05) is 19.9 Å². The van der Waals surface area contributed by atoms with Crippen LogP contribution in [0.4, 0.5) is 0 Å². The lowest BCUT2D eigenvalue weighted by atomic mass is 9.95. The second-order valence-corrected chi connectivity index (χ2v) is 3.72. The lowest BCUT2D eigenvalue weighted by Gasteiger charge is -2.32. The molecule has 1 aliphatic heterocycles. The quantitative estimate of drug-likeness (QED) is 0.664. The maximum Gasteiger partial charge on any atom is 0.157 e. The van der Waals surface area contributed by atoms with Crippen LogP contribution in [0.5, 0.6) is 0 Å². The van der Waals surface area contributed by atoms with Crippen molar-refractivity contribution in [3.05, 3.63) is 24.3 Å². The highest BCUT2D eigenvalue weighted by molar-refractivity contribution is 5.13. The molecule has 1 N–H and O–H groups in total. The van der Waals surface area contributed by atoms with Gasteiger partial charge in [0.1, 0.15) is 0 Å². The first-order valence-electron chi connectivity index (χ1n) is 4.78. The van der Waals surface area contributed by atoms with E-state index in [9.17, 15) is 5.11 Å². The van der Waals surface area contributed by atoms with E-state index in [1.54, 1.807) is 6.08 Å². The molecule has 13 heavy (non-hydrogen) atoms. The third-order valence-corrected chi connectivity index (χ3v) is 2.56. The van der Waals surface area contributed by atoms with Gasteiger partial charge in [0, 0.05) is 5.92 Å². The molecule has 1 unspecified atom stereocenters. The molecule has 2 nitrogen and oxygen atoms in total. The Hall–Kier alpha value is -0.600. The van der Waals surface area contributed by atoms with Crippen molar-refractivity contribution in [1.82, 2.24) is 0 Å². The SMILES string of the molecule is C=C/C=C(\C)[C@H]1CC[C@H](C)C(O)O1. The highest BCUT2D eigenvalue weighted by Crippen LogP contribution is 2.26. The number of rotatable bonds is 2. The molecule has 0 radical (unpaired) electrons. The minimum Gasteiger partial charge on any atom is -0.368 e. The van der Waals surface area contributed by atoms with Gasteiger partial charge in [-0.05, 0) is 25.3 Å². The van der Waals surface area contributed by atoms with Gasteiger partial charge >= 0.3 is 0 Å². The summed E-state index contributed by atoms with van der Waals surface area (Å²) < 4.78 is 5.45. The number of hydrogen-bond donors (Lipinski definition) is 1. The minimum absolute atomic E-state index is 0.0733. The Kier molecular flexibility index (Phi) is 3.70. The van der Waals surface area contributed by atoms with Crippen molar-refractivity contribution in [2.75, 3.05) is 0 Å². The molecule has 0 spiro atoms. The fourth-order valence-electron chi connectivity index (χ4n) is 1.56. The van der Waals surface area contributed by atoms with Crippen molar-refractivity contribution < 1.29 is 9.84 Å². The summed E-state index contributed by atoms with van der Waals surface area (Å²) in [5, 5.41) is 9.49. The van der Waals surface area contributed by atoms with E-state index in [2.05, 4.69) is 6.58 Å². The van der Waals surface area contributed by atoms with Crippen molar-refractivity contribution in [3.63, 3.8) is 0 Å². The molecule has 1 aliphatic rings. The van der Waals surface area contributed by atoms with Gasteiger partial charge in [-0.2, -0.15) is 0 Å². The second kappa shape index (κ2) is 4.58. The Morgan fingerprint density at radius 1 is 1.54 bits per heavy atom. The summed E-state index contributed by atoms with van der Waals surface area (Å²) >= 11 is 0. The van der Waals surface area contributed by atoms with Crippen LogP contribution in [-0.2, 0) is 4.74 Å². The fraction of sp³-hybridized carbons (Fsp3) is 0.636. The van der Waals surface area contributed by atoms with Crippen LogP contribution in [0.15, 0.2) is 24.3 Å². The minimum atomic E-state index is -0.605. The summed E-state index contributed by atoms with van der Waals surface area (Å²) in [5.74, 6) is 0.257. The normalized spacial score (nSPS) is 35.9. The highest BCUT2D eigenvalue weighted by atomic mass is 16.6. The van der Waals surface area contributed by atoms with E-state index >= 15 is 0 Å². The average Bonchev–Trinajstić information content (AvgIpc) is 2.10. The van der Waals surface area contributed by atoms with Crippen LogP contribution in [0.2, 0.25) is 0 Å². The first-order chi connectivity index (χ1) is 6.15. The van der Waals surface area contributed by atoms with Crippen molar-refractivity contribution in [2.45, 2.75) is 39.1 Å². The summed E-state index contributed by atoms with van der Waals surface area (Å²) in [6.07, 6.45) is 5.18. The Bertz CT molecular complexity index is 208. The van der Waals surface area contributed by atoms with Crippen LogP contribution in [0.1, 0.15) is 26.7 Å². The molecule has 74 valence electrons. The molecule has 0 amide bonds. The molecule has 0 saturated carbocycles. The van der Waals surface area contributed by atoms with E-state index < -0.39 is 6.29 Å². The molecule has 1 fully saturated rings. The zero-order valence-electron chi connectivity index (χ0n) is 8.36. The van der Waals surface area contributed by atoms with Gasteiger partial charge in [-0.1, -0.05) is 25.7 Å². The Balaban J connectivity index is 2.54. The van der Waals surface area contributed by atoms with E-state index in [4.69, 9.17) is 4.74 Å². The number of allylic oxidation sites excluding steroid dienone is 2. The van der Waals surface area contributed by atoms with Gasteiger partial charge in [0.15, 0.2) is 6.29 Å². The standard InChI is InChI=1S/C11H18O2/c1-4-5-8(2)10-7-6-9(3)11(12)13-10/h4-5,9-12H,1,6-7H2,2-3H3/b8-5+/t9-,10+,11?/m0/s1.